The fraction of sp³-hybridized carbons (Fsp3) is 0.278. The number of carbonyl (C=O) groups excluding carboxylic acids is 1. The van der Waals surface area contributed by atoms with Crippen molar-refractivity contribution in [2.24, 2.45) is 0 Å². The Kier molecular flexibility index (Phi) is 6.59. The van der Waals surface area contributed by atoms with Gasteiger partial charge in [0.15, 0.2) is 6.61 Å². The molecule has 1 fully saturated rings. The SMILES string of the molecule is O=C(COc1ccc([N+](=O)[O-])c(F)c1)Nc1cccc(S(=O)(=O)N2CCOCC2)c1. The van der Waals surface area contributed by atoms with Crippen molar-refractivity contribution < 1.29 is 32.0 Å². The number of carbonyl (C=O) groups is 1. The average molecular weight is 439 g/mol. The van der Waals surface area contributed by atoms with Crippen molar-refractivity contribution in [3.63, 3.8) is 0 Å². The Bertz CT molecular complexity index is 1060. The van der Waals surface area contributed by atoms with Gasteiger partial charge in [0.2, 0.25) is 15.8 Å². The van der Waals surface area contributed by atoms with Crippen LogP contribution in [0, 0.1) is 15.9 Å². The summed E-state index contributed by atoms with van der Waals surface area (Å²) in [7, 11) is -3.72. The highest BCUT2D eigenvalue weighted by molar-refractivity contribution is 7.89. The topological polar surface area (TPSA) is 128 Å². The molecule has 1 aliphatic heterocycles. The third-order valence-corrected chi connectivity index (χ3v) is 6.11. The maximum absolute atomic E-state index is 13.6. The van der Waals surface area contributed by atoms with E-state index in [0.29, 0.717) is 13.2 Å². The van der Waals surface area contributed by atoms with Gasteiger partial charge in [-0.2, -0.15) is 8.70 Å². The van der Waals surface area contributed by atoms with Crippen molar-refractivity contribution in [1.82, 2.24) is 4.31 Å². The van der Waals surface area contributed by atoms with E-state index in [-0.39, 0.29) is 29.4 Å². The first kappa shape index (κ1) is 21.6. The predicted octanol–water partition coefficient (Wildman–Crippen LogP) is 1.77. The van der Waals surface area contributed by atoms with E-state index in [1.54, 1.807) is 0 Å². The molecule has 0 bridgehead atoms. The first-order valence-corrected chi connectivity index (χ1v) is 10.3. The second kappa shape index (κ2) is 9.15. The first-order chi connectivity index (χ1) is 14.3. The quantitative estimate of drug-likeness (QED) is 0.514. The predicted molar refractivity (Wildman–Crippen MR) is 103 cm³/mol. The summed E-state index contributed by atoms with van der Waals surface area (Å²) in [4.78, 5) is 21.9. The molecule has 3 rings (SSSR count). The Hall–Kier alpha value is -3.09. The lowest BCUT2D eigenvalue weighted by atomic mass is 10.3. The summed E-state index contributed by atoms with van der Waals surface area (Å²) < 4.78 is 50.6. The van der Waals surface area contributed by atoms with Crippen LogP contribution in [0.5, 0.6) is 5.75 Å². The van der Waals surface area contributed by atoms with Crippen molar-refractivity contribution in [2.45, 2.75) is 4.90 Å². The zero-order valence-electron chi connectivity index (χ0n) is 15.6. The molecule has 0 aromatic heterocycles. The largest absolute Gasteiger partial charge is 0.484 e. The van der Waals surface area contributed by atoms with Gasteiger partial charge < -0.3 is 14.8 Å². The van der Waals surface area contributed by atoms with Crippen LogP contribution >= 0.6 is 0 Å². The van der Waals surface area contributed by atoms with Gasteiger partial charge in [0, 0.05) is 30.9 Å². The van der Waals surface area contributed by atoms with Crippen LogP contribution < -0.4 is 10.1 Å². The van der Waals surface area contributed by atoms with E-state index in [2.05, 4.69) is 5.32 Å². The highest BCUT2D eigenvalue weighted by Gasteiger charge is 2.26. The van der Waals surface area contributed by atoms with Crippen LogP contribution in [0.4, 0.5) is 15.8 Å². The number of nitrogens with one attached hydrogen (secondary N) is 1. The molecule has 10 nitrogen and oxygen atoms in total. The number of nitrogens with zero attached hydrogens (tertiary/aromatic N) is 2. The molecule has 0 radical (unpaired) electrons. The number of nitro benzene ring substituents is 1. The Morgan fingerprint density at radius 1 is 1.23 bits per heavy atom. The smallest absolute Gasteiger partial charge is 0.305 e. The maximum Gasteiger partial charge on any atom is 0.305 e. The van der Waals surface area contributed by atoms with Crippen molar-refractivity contribution in [1.29, 1.82) is 0 Å². The van der Waals surface area contributed by atoms with Gasteiger partial charge in [0.25, 0.3) is 5.91 Å². The van der Waals surface area contributed by atoms with Crippen LogP contribution in [-0.4, -0.2) is 56.5 Å². The van der Waals surface area contributed by atoms with Crippen LogP contribution in [0.25, 0.3) is 0 Å². The molecule has 12 heteroatoms. The lowest BCUT2D eigenvalue weighted by Gasteiger charge is -2.26. The van der Waals surface area contributed by atoms with Gasteiger partial charge in [-0.15, -0.1) is 0 Å². The molecule has 0 spiro atoms. The summed E-state index contributed by atoms with van der Waals surface area (Å²) in [6.45, 7) is 0.626. The Morgan fingerprint density at radius 3 is 2.63 bits per heavy atom. The number of rotatable bonds is 7. The minimum atomic E-state index is -3.72. The Labute approximate surface area is 171 Å². The van der Waals surface area contributed by atoms with E-state index in [0.717, 1.165) is 12.1 Å². The molecule has 0 aliphatic carbocycles. The third-order valence-electron chi connectivity index (χ3n) is 4.21. The molecule has 160 valence electrons. The highest BCUT2D eigenvalue weighted by atomic mass is 32.2. The molecule has 0 atom stereocenters. The van der Waals surface area contributed by atoms with Gasteiger partial charge in [-0.1, -0.05) is 6.07 Å². The summed E-state index contributed by atoms with van der Waals surface area (Å²) in [6.07, 6.45) is 0. The van der Waals surface area contributed by atoms with E-state index < -0.39 is 39.0 Å². The van der Waals surface area contributed by atoms with Gasteiger partial charge in [-0.05, 0) is 24.3 Å². The molecule has 1 amide bonds. The fourth-order valence-corrected chi connectivity index (χ4v) is 4.20. The van der Waals surface area contributed by atoms with Gasteiger partial charge in [0.1, 0.15) is 5.75 Å². The molecule has 0 saturated carbocycles. The van der Waals surface area contributed by atoms with Gasteiger partial charge in [0.05, 0.1) is 23.0 Å². The van der Waals surface area contributed by atoms with Crippen LogP contribution in [-0.2, 0) is 19.6 Å². The minimum absolute atomic E-state index is 0.0283. The molecule has 2 aromatic carbocycles. The first-order valence-electron chi connectivity index (χ1n) is 8.82. The number of nitro groups is 1. The van der Waals surface area contributed by atoms with Gasteiger partial charge in [-0.3, -0.25) is 14.9 Å². The minimum Gasteiger partial charge on any atom is -0.484 e. The average Bonchev–Trinajstić information content (AvgIpc) is 2.73. The van der Waals surface area contributed by atoms with E-state index in [1.165, 1.54) is 34.6 Å². The standard InChI is InChI=1S/C18H18FN3O7S/c19-16-11-14(4-5-17(16)22(24)25)29-12-18(23)20-13-2-1-3-15(10-13)30(26,27)21-6-8-28-9-7-21/h1-5,10-11H,6-9,12H2,(H,20,23). The fourth-order valence-electron chi connectivity index (χ4n) is 2.74. The van der Waals surface area contributed by atoms with Crippen molar-refractivity contribution in [3.05, 3.63) is 58.4 Å². The Balaban J connectivity index is 1.62. The lowest BCUT2D eigenvalue weighted by Crippen LogP contribution is -2.40. The second-order valence-corrected chi connectivity index (χ2v) is 8.19. The highest BCUT2D eigenvalue weighted by Crippen LogP contribution is 2.23. The summed E-state index contributed by atoms with van der Waals surface area (Å²) in [5, 5.41) is 13.1. The molecule has 1 heterocycles. The molecule has 1 saturated heterocycles. The number of sulfonamides is 1. The third kappa shape index (κ3) is 5.09. The molecular weight excluding hydrogens is 421 g/mol. The number of amides is 1. The van der Waals surface area contributed by atoms with E-state index >= 15 is 0 Å². The molecule has 1 aliphatic rings. The Morgan fingerprint density at radius 2 is 1.97 bits per heavy atom. The summed E-state index contributed by atoms with van der Waals surface area (Å²) in [5.74, 6) is -1.76. The number of hydrogen-bond donors (Lipinski definition) is 1. The number of hydrogen-bond acceptors (Lipinski definition) is 7. The number of anilines is 1. The van der Waals surface area contributed by atoms with Gasteiger partial charge in [-0.25, -0.2) is 8.42 Å². The summed E-state index contributed by atoms with van der Waals surface area (Å²) >= 11 is 0. The molecular formula is C18H18FN3O7S. The number of benzene rings is 2. The number of morpholine rings is 1. The van der Waals surface area contributed by atoms with Crippen LogP contribution in [0.3, 0.4) is 0 Å². The molecule has 1 N–H and O–H groups in total. The summed E-state index contributed by atoms with van der Waals surface area (Å²) in [6, 6.07) is 8.68. The van der Waals surface area contributed by atoms with Crippen molar-refractivity contribution in [2.75, 3.05) is 38.2 Å². The van der Waals surface area contributed by atoms with Crippen LogP contribution in [0.15, 0.2) is 47.4 Å². The zero-order chi connectivity index (χ0) is 21.7. The molecule has 2 aromatic rings. The number of halogens is 1. The number of ether oxygens (including phenoxy) is 2. The van der Waals surface area contributed by atoms with Crippen molar-refractivity contribution in [3.8, 4) is 5.75 Å². The zero-order valence-corrected chi connectivity index (χ0v) is 16.4. The summed E-state index contributed by atoms with van der Waals surface area (Å²) in [5.41, 5.74) is -0.460. The van der Waals surface area contributed by atoms with Crippen LogP contribution in [0.2, 0.25) is 0 Å². The maximum atomic E-state index is 13.6. The van der Waals surface area contributed by atoms with E-state index in [1.807, 2.05) is 0 Å². The van der Waals surface area contributed by atoms with E-state index in [9.17, 15) is 27.7 Å². The van der Waals surface area contributed by atoms with E-state index in [4.69, 9.17) is 9.47 Å². The monoisotopic (exact) mass is 439 g/mol. The molecule has 30 heavy (non-hydrogen) atoms. The van der Waals surface area contributed by atoms with Crippen molar-refractivity contribution >= 4 is 27.3 Å². The normalized spacial score (nSPS) is 14.8. The molecule has 0 unspecified atom stereocenters. The van der Waals surface area contributed by atoms with Crippen LogP contribution in [0.1, 0.15) is 0 Å². The van der Waals surface area contributed by atoms with Gasteiger partial charge >= 0.3 is 5.69 Å². The second-order valence-electron chi connectivity index (χ2n) is 6.25. The lowest BCUT2D eigenvalue weighted by molar-refractivity contribution is -0.387.